The molecule has 0 bridgehead atoms. The smallest absolute Gasteiger partial charge is 0.230 e. The largest absolute Gasteiger partial charge is 0.600 e. The van der Waals surface area contributed by atoms with Crippen LogP contribution in [0.25, 0.3) is 0 Å². The summed E-state index contributed by atoms with van der Waals surface area (Å²) in [7, 11) is 0. The van der Waals surface area contributed by atoms with Gasteiger partial charge < -0.3 is 8.83 Å². The molecule has 18 heavy (non-hydrogen) atoms. The fraction of sp³-hybridized carbons (Fsp3) is 0.357. The van der Waals surface area contributed by atoms with Gasteiger partial charge in [-0.25, -0.2) is 0 Å². The van der Waals surface area contributed by atoms with Crippen LogP contribution in [0.3, 0.4) is 0 Å². The summed E-state index contributed by atoms with van der Waals surface area (Å²) in [5.41, 5.74) is 2.05. The molecular formula is C14H18NO2Yb-. The van der Waals surface area contributed by atoms with Gasteiger partial charge in [0.05, 0.1) is 5.69 Å². The van der Waals surface area contributed by atoms with E-state index in [-0.39, 0.29) is 52.7 Å². The molecule has 106 valence electrons. The first-order chi connectivity index (χ1) is 8.29. The first-order valence-electron chi connectivity index (χ1n) is 5.90. The zero-order chi connectivity index (χ0) is 12.7. The summed E-state index contributed by atoms with van der Waals surface area (Å²) in [6.45, 7) is 7.86. The normalized spacial score (nSPS) is 10.3. The standard InChI is InChI=1S/C12H12NO2.C2H6.Yb/c1-3-10-6-4-5-7-11(10)13-12-14-8-9(2)15-12;1-2;/h4-7H,3H2,1-2H3;1-2H3;/q-1;;. The van der Waals surface area contributed by atoms with Gasteiger partial charge in [-0.1, -0.05) is 39.0 Å². The fourth-order valence-corrected chi connectivity index (χ4v) is 1.35. The van der Waals surface area contributed by atoms with Gasteiger partial charge in [-0.2, -0.15) is 0 Å². The SMILES string of the molecule is CC.CCc1ccccc1N=c1o[c-]c(C)o1.[Yb]. The van der Waals surface area contributed by atoms with Crippen molar-refractivity contribution in [3.63, 3.8) is 0 Å². The molecule has 0 amide bonds. The summed E-state index contributed by atoms with van der Waals surface area (Å²) in [4.78, 5) is 4.27. The molecule has 1 heterocycles. The van der Waals surface area contributed by atoms with E-state index in [4.69, 9.17) is 8.83 Å². The van der Waals surface area contributed by atoms with E-state index in [0.717, 1.165) is 12.1 Å². The third-order valence-electron chi connectivity index (χ3n) is 2.11. The Morgan fingerprint density at radius 1 is 1.22 bits per heavy atom. The van der Waals surface area contributed by atoms with Gasteiger partial charge in [0.25, 0.3) is 0 Å². The maximum absolute atomic E-state index is 5.20. The Balaban J connectivity index is 0.000000917. The minimum absolute atomic E-state index is 0. The van der Waals surface area contributed by atoms with Crippen molar-refractivity contribution in [1.82, 2.24) is 0 Å². The van der Waals surface area contributed by atoms with Gasteiger partial charge in [-0.3, -0.25) is 4.99 Å². The number of hydrogen-bond acceptors (Lipinski definition) is 3. The number of hydrogen-bond donors (Lipinski definition) is 0. The van der Waals surface area contributed by atoms with Gasteiger partial charge in [0.1, 0.15) is 0 Å². The number of aryl methyl sites for hydroxylation is 2. The predicted octanol–water partition coefficient (Wildman–Crippen LogP) is 3.80. The molecule has 1 aromatic heterocycles. The van der Waals surface area contributed by atoms with Crippen molar-refractivity contribution in [3.8, 4) is 0 Å². The van der Waals surface area contributed by atoms with Gasteiger partial charge in [0.2, 0.25) is 5.75 Å². The van der Waals surface area contributed by atoms with E-state index in [0.29, 0.717) is 5.76 Å². The summed E-state index contributed by atoms with van der Waals surface area (Å²) in [6, 6.07) is 7.91. The van der Waals surface area contributed by atoms with E-state index in [1.807, 2.05) is 38.1 Å². The number of benzene rings is 1. The number of rotatable bonds is 2. The molecule has 0 aliphatic rings. The van der Waals surface area contributed by atoms with Crippen molar-refractivity contribution >= 4 is 5.69 Å². The van der Waals surface area contributed by atoms with Crippen molar-refractivity contribution < 1.29 is 55.8 Å². The predicted molar refractivity (Wildman–Crippen MR) is 66.9 cm³/mol. The molecule has 0 N–H and O–H groups in total. The molecule has 4 heteroatoms. The zero-order valence-electron chi connectivity index (χ0n) is 11.0. The fourth-order valence-electron chi connectivity index (χ4n) is 1.35. The average Bonchev–Trinajstić information content (AvgIpc) is 2.78. The van der Waals surface area contributed by atoms with Gasteiger partial charge in [0.15, 0.2) is 0 Å². The summed E-state index contributed by atoms with van der Waals surface area (Å²) in [5.74, 6) is 0.844. The van der Waals surface area contributed by atoms with Gasteiger partial charge >= 0.3 is 0 Å². The van der Waals surface area contributed by atoms with E-state index in [1.165, 1.54) is 5.56 Å². The average molecular weight is 405 g/mol. The van der Waals surface area contributed by atoms with E-state index in [9.17, 15) is 0 Å². The quantitative estimate of drug-likeness (QED) is 0.713. The summed E-state index contributed by atoms with van der Waals surface area (Å²) >= 11 is 0. The molecule has 0 aliphatic carbocycles. The van der Waals surface area contributed by atoms with E-state index in [1.54, 1.807) is 6.92 Å². The molecule has 0 radical (unpaired) electrons. The summed E-state index contributed by atoms with van der Waals surface area (Å²) in [6.07, 6.45) is 3.52. The second kappa shape index (κ2) is 9.65. The molecular weight excluding hydrogens is 387 g/mol. The van der Waals surface area contributed by atoms with E-state index >= 15 is 0 Å². The maximum atomic E-state index is 5.20. The molecule has 0 saturated heterocycles. The third-order valence-corrected chi connectivity index (χ3v) is 2.11. The van der Waals surface area contributed by atoms with Crippen molar-refractivity contribution in [2.45, 2.75) is 34.1 Å². The van der Waals surface area contributed by atoms with Crippen LogP contribution in [0.1, 0.15) is 32.1 Å². The van der Waals surface area contributed by atoms with Crippen molar-refractivity contribution in [1.29, 1.82) is 0 Å². The van der Waals surface area contributed by atoms with Crippen molar-refractivity contribution in [3.05, 3.63) is 47.6 Å². The Bertz CT molecular complexity index is 514. The van der Waals surface area contributed by atoms with Crippen molar-refractivity contribution in [2.75, 3.05) is 0 Å². The first kappa shape index (κ1) is 17.7. The molecule has 0 spiro atoms. The molecule has 2 rings (SSSR count). The third kappa shape index (κ3) is 5.17. The second-order valence-corrected chi connectivity index (χ2v) is 3.22. The van der Waals surface area contributed by atoms with Crippen LogP contribution in [-0.2, 0) is 6.42 Å². The van der Waals surface area contributed by atoms with Gasteiger partial charge in [-0.05, 0) is 31.2 Å². The monoisotopic (exact) mass is 406 g/mol. The second-order valence-electron chi connectivity index (χ2n) is 3.22. The van der Waals surface area contributed by atoms with E-state index in [2.05, 4.69) is 18.2 Å². The van der Waals surface area contributed by atoms with Crippen LogP contribution >= 0.6 is 0 Å². The summed E-state index contributed by atoms with van der Waals surface area (Å²) < 4.78 is 10.2. The minimum Gasteiger partial charge on any atom is -0.600 e. The molecule has 0 aliphatic heterocycles. The Morgan fingerprint density at radius 3 is 2.44 bits per heavy atom. The maximum Gasteiger partial charge on any atom is 0.230 e. The van der Waals surface area contributed by atoms with Crippen LogP contribution < -0.4 is 5.75 Å². The van der Waals surface area contributed by atoms with E-state index < -0.39 is 0 Å². The molecule has 3 nitrogen and oxygen atoms in total. The molecule has 0 unspecified atom stereocenters. The summed E-state index contributed by atoms with van der Waals surface area (Å²) in [5, 5.41) is 0. The van der Waals surface area contributed by atoms with Gasteiger partial charge in [0, 0.05) is 52.7 Å². The Morgan fingerprint density at radius 2 is 1.89 bits per heavy atom. The number of nitrogens with zero attached hydrogens (tertiary/aromatic N) is 1. The van der Waals surface area contributed by atoms with Crippen LogP contribution in [0, 0.1) is 60.1 Å². The van der Waals surface area contributed by atoms with Crippen LogP contribution in [0.5, 0.6) is 0 Å². The van der Waals surface area contributed by atoms with Crippen LogP contribution in [0.2, 0.25) is 0 Å². The Labute approximate surface area is 147 Å². The zero-order valence-corrected chi connectivity index (χ0v) is 12.8. The van der Waals surface area contributed by atoms with Crippen LogP contribution in [0.4, 0.5) is 5.69 Å². The topological polar surface area (TPSA) is 38.6 Å². The van der Waals surface area contributed by atoms with Crippen LogP contribution in [-0.4, -0.2) is 0 Å². The number of para-hydroxylation sites is 1. The molecule has 1 aromatic carbocycles. The van der Waals surface area contributed by atoms with Crippen molar-refractivity contribution in [2.24, 2.45) is 4.99 Å². The molecule has 2 aromatic rings. The minimum atomic E-state index is 0. The van der Waals surface area contributed by atoms with Crippen LogP contribution in [0.15, 0.2) is 38.1 Å². The molecule has 0 atom stereocenters. The Hall–Kier alpha value is -0.251. The molecule has 0 saturated carbocycles. The van der Waals surface area contributed by atoms with Gasteiger partial charge in [-0.15, -0.1) is 0 Å². The molecule has 0 fully saturated rings. The first-order valence-corrected chi connectivity index (χ1v) is 5.90. The Kier molecular flexibility index (Phi) is 9.52.